The second-order valence-corrected chi connectivity index (χ2v) is 1.98. The van der Waals surface area contributed by atoms with Crippen molar-refractivity contribution in [2.24, 2.45) is 0 Å². The fourth-order valence-corrected chi connectivity index (χ4v) is 0.756. The van der Waals surface area contributed by atoms with Gasteiger partial charge < -0.3 is 0 Å². The molecule has 0 saturated carbocycles. The van der Waals surface area contributed by atoms with E-state index in [0.717, 1.165) is 0 Å². The summed E-state index contributed by atoms with van der Waals surface area (Å²) >= 11 is 5.48. The molecule has 0 unspecified atom stereocenters. The molecule has 4 heteroatoms. The summed E-state index contributed by atoms with van der Waals surface area (Å²) in [5, 5.41) is 14.8. The molecule has 0 aliphatic carbocycles. The monoisotopic (exact) mass is 141 g/mol. The normalized spacial score (nSPS) is 9.00. The minimum absolute atomic E-state index is 0.245. The van der Waals surface area contributed by atoms with Crippen molar-refractivity contribution in [3.05, 3.63) is 16.4 Å². The van der Waals surface area contributed by atoms with Crippen molar-refractivity contribution in [3.63, 3.8) is 0 Å². The molecular formula is C5H4ClN3. The Morgan fingerprint density at radius 2 is 2.44 bits per heavy atom. The van der Waals surface area contributed by atoms with Gasteiger partial charge in [0.25, 0.3) is 0 Å². The summed E-state index contributed by atoms with van der Waals surface area (Å²) in [6, 6.07) is 1.92. The van der Waals surface area contributed by atoms with Crippen LogP contribution in [0.15, 0.2) is 0 Å². The maximum absolute atomic E-state index is 8.39. The Bertz CT molecular complexity index is 238. The SMILES string of the molecule is Cc1[nH]nc(Cl)c1C#N. The first-order valence-corrected chi connectivity index (χ1v) is 2.74. The fraction of sp³-hybridized carbons (Fsp3) is 0.200. The lowest BCUT2D eigenvalue weighted by Crippen LogP contribution is -1.73. The predicted octanol–water partition coefficient (Wildman–Crippen LogP) is 1.24. The van der Waals surface area contributed by atoms with Gasteiger partial charge in [-0.2, -0.15) is 10.4 Å². The van der Waals surface area contributed by atoms with Crippen LogP contribution in [0.3, 0.4) is 0 Å². The van der Waals surface area contributed by atoms with E-state index in [2.05, 4.69) is 10.2 Å². The average Bonchev–Trinajstić information content (AvgIpc) is 2.12. The summed E-state index contributed by atoms with van der Waals surface area (Å²) in [5.41, 5.74) is 1.14. The van der Waals surface area contributed by atoms with Crippen molar-refractivity contribution < 1.29 is 0 Å². The van der Waals surface area contributed by atoms with Gasteiger partial charge in [-0.1, -0.05) is 11.6 Å². The molecule has 0 aromatic carbocycles. The molecule has 0 spiro atoms. The fourth-order valence-electron chi connectivity index (χ4n) is 0.529. The first-order chi connectivity index (χ1) is 4.25. The van der Waals surface area contributed by atoms with E-state index >= 15 is 0 Å². The molecule has 1 heterocycles. The van der Waals surface area contributed by atoms with E-state index in [1.165, 1.54) is 0 Å². The van der Waals surface area contributed by atoms with Crippen molar-refractivity contribution in [3.8, 4) is 6.07 Å². The standard InChI is InChI=1S/C5H4ClN3/c1-3-4(2-7)5(6)9-8-3/h1H3,(H,8,9). The lowest BCUT2D eigenvalue weighted by Gasteiger charge is -1.78. The topological polar surface area (TPSA) is 52.5 Å². The van der Waals surface area contributed by atoms with Gasteiger partial charge in [0.1, 0.15) is 11.6 Å². The van der Waals surface area contributed by atoms with E-state index in [9.17, 15) is 0 Å². The largest absolute Gasteiger partial charge is 0.280 e. The first kappa shape index (κ1) is 6.12. The lowest BCUT2D eigenvalue weighted by molar-refractivity contribution is 1.05. The van der Waals surface area contributed by atoms with Crippen LogP contribution in [0.5, 0.6) is 0 Å². The minimum Gasteiger partial charge on any atom is -0.280 e. The number of H-pyrrole nitrogens is 1. The van der Waals surface area contributed by atoms with Gasteiger partial charge in [-0.25, -0.2) is 0 Å². The highest BCUT2D eigenvalue weighted by Crippen LogP contribution is 2.13. The van der Waals surface area contributed by atoms with Crippen LogP contribution in [0.2, 0.25) is 5.15 Å². The molecule has 1 aromatic rings. The van der Waals surface area contributed by atoms with Gasteiger partial charge in [-0.3, -0.25) is 5.10 Å². The lowest BCUT2D eigenvalue weighted by atomic mass is 10.3. The zero-order valence-corrected chi connectivity index (χ0v) is 5.53. The minimum atomic E-state index is 0.245. The van der Waals surface area contributed by atoms with Crippen molar-refractivity contribution in [2.45, 2.75) is 6.92 Å². The Morgan fingerprint density at radius 1 is 1.78 bits per heavy atom. The molecule has 0 saturated heterocycles. The van der Waals surface area contributed by atoms with Crippen LogP contribution >= 0.6 is 11.6 Å². The van der Waals surface area contributed by atoms with Gasteiger partial charge in [-0.05, 0) is 6.92 Å². The van der Waals surface area contributed by atoms with Gasteiger partial charge in [0.2, 0.25) is 0 Å². The third-order valence-electron chi connectivity index (χ3n) is 1.01. The van der Waals surface area contributed by atoms with Gasteiger partial charge in [-0.15, -0.1) is 0 Å². The van der Waals surface area contributed by atoms with Crippen LogP contribution in [0.1, 0.15) is 11.3 Å². The quantitative estimate of drug-likeness (QED) is 0.591. The Hall–Kier alpha value is -1.01. The number of rotatable bonds is 0. The zero-order valence-electron chi connectivity index (χ0n) is 4.77. The maximum atomic E-state index is 8.39. The van der Waals surface area contributed by atoms with Crippen LogP contribution in [-0.2, 0) is 0 Å². The molecule has 0 atom stereocenters. The summed E-state index contributed by atoms with van der Waals surface area (Å²) in [6.07, 6.45) is 0. The molecule has 1 N–H and O–H groups in total. The molecule has 0 fully saturated rings. The highest BCUT2D eigenvalue weighted by molar-refractivity contribution is 6.30. The number of nitrogens with zero attached hydrogens (tertiary/aromatic N) is 2. The van der Waals surface area contributed by atoms with Crippen molar-refractivity contribution >= 4 is 11.6 Å². The number of hydrogen-bond acceptors (Lipinski definition) is 2. The summed E-state index contributed by atoms with van der Waals surface area (Å²) in [7, 11) is 0. The van der Waals surface area contributed by atoms with Gasteiger partial charge >= 0.3 is 0 Å². The van der Waals surface area contributed by atoms with E-state index in [0.29, 0.717) is 11.3 Å². The Morgan fingerprint density at radius 3 is 2.67 bits per heavy atom. The van der Waals surface area contributed by atoms with Crippen LogP contribution in [0.4, 0.5) is 0 Å². The number of nitrogens with one attached hydrogen (secondary N) is 1. The molecule has 1 aromatic heterocycles. The molecular weight excluding hydrogens is 138 g/mol. The third-order valence-corrected chi connectivity index (χ3v) is 1.29. The van der Waals surface area contributed by atoms with Crippen LogP contribution < -0.4 is 0 Å². The number of aromatic nitrogens is 2. The molecule has 0 aliphatic rings. The summed E-state index contributed by atoms with van der Waals surface area (Å²) in [6.45, 7) is 1.75. The van der Waals surface area contributed by atoms with Crippen LogP contribution in [-0.4, -0.2) is 10.2 Å². The number of halogens is 1. The van der Waals surface area contributed by atoms with E-state index in [-0.39, 0.29) is 5.15 Å². The zero-order chi connectivity index (χ0) is 6.85. The van der Waals surface area contributed by atoms with Gasteiger partial charge in [0, 0.05) is 0 Å². The molecule has 1 rings (SSSR count). The van der Waals surface area contributed by atoms with Crippen LogP contribution in [0.25, 0.3) is 0 Å². The number of hydrogen-bond donors (Lipinski definition) is 1. The van der Waals surface area contributed by atoms with Gasteiger partial charge in [0.05, 0.1) is 5.69 Å². The molecule has 0 bridgehead atoms. The highest BCUT2D eigenvalue weighted by Gasteiger charge is 2.04. The second kappa shape index (κ2) is 2.08. The van der Waals surface area contributed by atoms with E-state index in [1.54, 1.807) is 6.92 Å². The van der Waals surface area contributed by atoms with Crippen molar-refractivity contribution in [1.29, 1.82) is 5.26 Å². The third kappa shape index (κ3) is 0.889. The van der Waals surface area contributed by atoms with Crippen molar-refractivity contribution in [1.82, 2.24) is 10.2 Å². The molecule has 46 valence electrons. The van der Waals surface area contributed by atoms with E-state index in [1.807, 2.05) is 6.07 Å². The maximum Gasteiger partial charge on any atom is 0.168 e. The van der Waals surface area contributed by atoms with Crippen LogP contribution in [0, 0.1) is 18.3 Å². The highest BCUT2D eigenvalue weighted by atomic mass is 35.5. The summed E-state index contributed by atoms with van der Waals surface area (Å²) in [5.74, 6) is 0. The molecule has 3 nitrogen and oxygen atoms in total. The molecule has 0 aliphatic heterocycles. The smallest absolute Gasteiger partial charge is 0.168 e. The predicted molar refractivity (Wildman–Crippen MR) is 33.0 cm³/mol. The van der Waals surface area contributed by atoms with E-state index < -0.39 is 0 Å². The Labute approximate surface area is 57.3 Å². The Kier molecular flexibility index (Phi) is 1.41. The summed E-state index contributed by atoms with van der Waals surface area (Å²) in [4.78, 5) is 0. The number of nitriles is 1. The molecule has 0 radical (unpaired) electrons. The summed E-state index contributed by atoms with van der Waals surface area (Å²) < 4.78 is 0. The average molecular weight is 142 g/mol. The first-order valence-electron chi connectivity index (χ1n) is 2.36. The Balaban J connectivity index is 3.27. The molecule has 0 amide bonds. The van der Waals surface area contributed by atoms with Crippen molar-refractivity contribution in [2.75, 3.05) is 0 Å². The van der Waals surface area contributed by atoms with Gasteiger partial charge in [0.15, 0.2) is 5.15 Å². The molecule has 9 heavy (non-hydrogen) atoms. The second-order valence-electron chi connectivity index (χ2n) is 1.63. The number of aryl methyl sites for hydroxylation is 1. The number of aromatic amines is 1. The van der Waals surface area contributed by atoms with E-state index in [4.69, 9.17) is 16.9 Å².